The summed E-state index contributed by atoms with van der Waals surface area (Å²) in [5, 5.41) is 11.2. The van der Waals surface area contributed by atoms with E-state index in [4.69, 9.17) is 11.6 Å². The standard InChI is InChI=1S/C23H19ClF4N4O4/c1-2-16(23(26,27)28)29-22(36)13-10-32(19-14(24)4-3-5-15(19)25)21-12(20(13)35)6-7-17(30-21)31-9-11(33)8-18(31)34/h3-7,10-11,16,33H,2,8-9H2,1H3,(H,29,36)/t11-,16-/m0/s1. The third-order valence-electron chi connectivity index (χ3n) is 5.75. The minimum Gasteiger partial charge on any atom is -0.391 e. The molecule has 0 aliphatic carbocycles. The third-order valence-corrected chi connectivity index (χ3v) is 6.05. The number of nitrogens with zero attached hydrogens (tertiary/aromatic N) is 3. The number of hydrogen-bond donors (Lipinski definition) is 2. The molecule has 2 N–H and O–H groups in total. The van der Waals surface area contributed by atoms with Crippen LogP contribution in [-0.2, 0) is 4.79 Å². The maximum absolute atomic E-state index is 14.9. The maximum atomic E-state index is 14.9. The van der Waals surface area contributed by atoms with E-state index >= 15 is 0 Å². The van der Waals surface area contributed by atoms with Crippen molar-refractivity contribution in [3.63, 3.8) is 0 Å². The van der Waals surface area contributed by atoms with Crippen LogP contribution in [0.1, 0.15) is 30.1 Å². The number of benzene rings is 1. The first-order valence-corrected chi connectivity index (χ1v) is 11.2. The van der Waals surface area contributed by atoms with Crippen molar-refractivity contribution in [1.29, 1.82) is 0 Å². The van der Waals surface area contributed by atoms with Gasteiger partial charge >= 0.3 is 6.18 Å². The number of carbonyl (C=O) groups is 2. The Morgan fingerprint density at radius 1 is 1.28 bits per heavy atom. The van der Waals surface area contributed by atoms with E-state index in [1.807, 2.05) is 0 Å². The van der Waals surface area contributed by atoms with Crippen LogP contribution in [0.3, 0.4) is 0 Å². The Balaban J connectivity index is 1.95. The highest BCUT2D eigenvalue weighted by Crippen LogP contribution is 2.29. The fraction of sp³-hybridized carbons (Fsp3) is 0.304. The van der Waals surface area contributed by atoms with Gasteiger partial charge in [-0.1, -0.05) is 24.6 Å². The smallest absolute Gasteiger partial charge is 0.391 e. The summed E-state index contributed by atoms with van der Waals surface area (Å²) in [6.07, 6.45) is -5.42. The number of pyridine rings is 2. The molecule has 0 bridgehead atoms. The Bertz CT molecular complexity index is 1410. The van der Waals surface area contributed by atoms with Gasteiger partial charge in [0.25, 0.3) is 5.91 Å². The molecule has 8 nitrogen and oxygen atoms in total. The van der Waals surface area contributed by atoms with Gasteiger partial charge in [0.05, 0.1) is 29.5 Å². The molecule has 0 unspecified atom stereocenters. The van der Waals surface area contributed by atoms with Crippen LogP contribution in [-0.4, -0.2) is 51.3 Å². The van der Waals surface area contributed by atoms with Crippen molar-refractivity contribution >= 4 is 40.3 Å². The molecule has 0 spiro atoms. The van der Waals surface area contributed by atoms with Crippen molar-refractivity contribution in [2.75, 3.05) is 11.4 Å². The van der Waals surface area contributed by atoms with Gasteiger partial charge in [-0.15, -0.1) is 0 Å². The molecule has 1 aliphatic rings. The van der Waals surface area contributed by atoms with E-state index in [1.165, 1.54) is 36.1 Å². The lowest BCUT2D eigenvalue weighted by Gasteiger charge is -2.21. The van der Waals surface area contributed by atoms with E-state index in [-0.39, 0.29) is 40.5 Å². The lowest BCUT2D eigenvalue weighted by atomic mass is 10.1. The molecule has 3 aromatic rings. The van der Waals surface area contributed by atoms with Crippen LogP contribution < -0.4 is 15.6 Å². The predicted octanol–water partition coefficient (Wildman–Crippen LogP) is 3.35. The number of nitrogens with one attached hydrogen (secondary N) is 1. The minimum atomic E-state index is -4.75. The van der Waals surface area contributed by atoms with Crippen LogP contribution in [0.4, 0.5) is 23.4 Å². The van der Waals surface area contributed by atoms with Crippen LogP contribution in [0.5, 0.6) is 0 Å². The molecule has 0 radical (unpaired) electrons. The highest BCUT2D eigenvalue weighted by Gasteiger charge is 2.40. The number of anilines is 1. The number of para-hydroxylation sites is 1. The summed E-state index contributed by atoms with van der Waals surface area (Å²) in [4.78, 5) is 43.6. The number of fused-ring (bicyclic) bond motifs is 1. The van der Waals surface area contributed by atoms with Crippen molar-refractivity contribution in [2.24, 2.45) is 0 Å². The Labute approximate surface area is 206 Å². The minimum absolute atomic E-state index is 0.0463. The predicted molar refractivity (Wildman–Crippen MR) is 123 cm³/mol. The van der Waals surface area contributed by atoms with Crippen LogP contribution in [0, 0.1) is 5.82 Å². The van der Waals surface area contributed by atoms with Gasteiger partial charge in [-0.25, -0.2) is 9.37 Å². The fourth-order valence-corrected chi connectivity index (χ4v) is 4.21. The summed E-state index contributed by atoms with van der Waals surface area (Å²) >= 11 is 6.20. The fourth-order valence-electron chi connectivity index (χ4n) is 3.96. The summed E-state index contributed by atoms with van der Waals surface area (Å²) in [5.74, 6) is -2.56. The number of alkyl halides is 3. The summed E-state index contributed by atoms with van der Waals surface area (Å²) in [5.41, 5.74) is -2.14. The van der Waals surface area contributed by atoms with E-state index in [0.29, 0.717) is 0 Å². The number of aromatic nitrogens is 2. The summed E-state index contributed by atoms with van der Waals surface area (Å²) < 4.78 is 55.5. The lowest BCUT2D eigenvalue weighted by Crippen LogP contribution is -2.46. The quantitative estimate of drug-likeness (QED) is 0.496. The summed E-state index contributed by atoms with van der Waals surface area (Å²) in [7, 11) is 0. The normalized spacial score (nSPS) is 17.0. The first kappa shape index (κ1) is 25.6. The number of halogens is 5. The SMILES string of the molecule is CC[C@H](NC(=O)c1cn(-c2c(F)cccc2Cl)c2nc(N3C[C@@H](O)CC3=O)ccc2c1=O)C(F)(F)F. The molecule has 1 fully saturated rings. The molecular formula is C23H19ClF4N4O4. The number of carbonyl (C=O) groups excluding carboxylic acids is 2. The maximum Gasteiger partial charge on any atom is 0.408 e. The molecule has 0 saturated carbocycles. The molecular weight excluding hydrogens is 508 g/mol. The van der Waals surface area contributed by atoms with Gasteiger partial charge in [-0.3, -0.25) is 23.9 Å². The zero-order valence-corrected chi connectivity index (χ0v) is 19.4. The molecule has 1 aliphatic heterocycles. The molecule has 1 aromatic carbocycles. The van der Waals surface area contributed by atoms with E-state index < -0.39 is 53.4 Å². The first-order valence-electron chi connectivity index (χ1n) is 10.8. The second-order valence-corrected chi connectivity index (χ2v) is 8.60. The van der Waals surface area contributed by atoms with Gasteiger partial charge in [0.2, 0.25) is 11.3 Å². The monoisotopic (exact) mass is 526 g/mol. The average molecular weight is 527 g/mol. The van der Waals surface area contributed by atoms with Crippen LogP contribution in [0.2, 0.25) is 5.02 Å². The Morgan fingerprint density at radius 2 is 2.00 bits per heavy atom. The number of rotatable bonds is 5. The van der Waals surface area contributed by atoms with Gasteiger partial charge in [-0.2, -0.15) is 13.2 Å². The number of β-amino-alcohol motifs (C(OH)–C–C–N with tert-alkyl or cyclic N) is 1. The number of aliphatic hydroxyl groups is 1. The molecule has 13 heteroatoms. The molecule has 1 saturated heterocycles. The zero-order chi connectivity index (χ0) is 26.4. The van der Waals surface area contributed by atoms with E-state index in [9.17, 15) is 37.1 Å². The second kappa shape index (κ2) is 9.51. The summed E-state index contributed by atoms with van der Waals surface area (Å²) in [6.45, 7) is 1.16. The Kier molecular flexibility index (Phi) is 6.76. The first-order chi connectivity index (χ1) is 16.9. The van der Waals surface area contributed by atoms with Crippen molar-refractivity contribution in [3.8, 4) is 5.69 Å². The van der Waals surface area contributed by atoms with Crippen molar-refractivity contribution < 1.29 is 32.3 Å². The summed E-state index contributed by atoms with van der Waals surface area (Å²) in [6, 6.07) is 4.02. The molecule has 2 atom stereocenters. The van der Waals surface area contributed by atoms with Gasteiger partial charge in [0.1, 0.15) is 28.9 Å². The Hall–Kier alpha value is -3.51. The Morgan fingerprint density at radius 3 is 2.58 bits per heavy atom. The topological polar surface area (TPSA) is 105 Å². The molecule has 2 aromatic heterocycles. The number of amides is 2. The van der Waals surface area contributed by atoms with Gasteiger partial charge in [0.15, 0.2) is 5.65 Å². The highest BCUT2D eigenvalue weighted by atomic mass is 35.5. The van der Waals surface area contributed by atoms with Gasteiger partial charge < -0.3 is 10.4 Å². The van der Waals surface area contributed by atoms with Gasteiger partial charge in [0, 0.05) is 6.20 Å². The second-order valence-electron chi connectivity index (χ2n) is 8.19. The highest BCUT2D eigenvalue weighted by molar-refractivity contribution is 6.32. The number of aliphatic hydroxyl groups excluding tert-OH is 1. The zero-order valence-electron chi connectivity index (χ0n) is 18.6. The molecule has 2 amide bonds. The van der Waals surface area contributed by atoms with Gasteiger partial charge in [-0.05, 0) is 30.7 Å². The molecule has 190 valence electrons. The molecule has 36 heavy (non-hydrogen) atoms. The van der Waals surface area contributed by atoms with Crippen molar-refractivity contribution in [2.45, 2.75) is 38.1 Å². The van der Waals surface area contributed by atoms with Crippen LogP contribution >= 0.6 is 11.6 Å². The van der Waals surface area contributed by atoms with E-state index in [2.05, 4.69) is 4.98 Å². The molecule has 3 heterocycles. The number of hydrogen-bond acceptors (Lipinski definition) is 5. The average Bonchev–Trinajstić information content (AvgIpc) is 3.15. The van der Waals surface area contributed by atoms with E-state index in [0.717, 1.165) is 16.8 Å². The van der Waals surface area contributed by atoms with Crippen molar-refractivity contribution in [3.05, 3.63) is 63.2 Å². The molecule has 4 rings (SSSR count). The largest absolute Gasteiger partial charge is 0.408 e. The van der Waals surface area contributed by atoms with Crippen molar-refractivity contribution in [1.82, 2.24) is 14.9 Å². The van der Waals surface area contributed by atoms with Crippen LogP contribution in [0.25, 0.3) is 16.7 Å². The lowest BCUT2D eigenvalue weighted by molar-refractivity contribution is -0.153. The van der Waals surface area contributed by atoms with E-state index in [1.54, 1.807) is 5.32 Å². The van der Waals surface area contributed by atoms with Crippen LogP contribution in [0.15, 0.2) is 41.3 Å². The third kappa shape index (κ3) is 4.65.